The molecule has 1 heterocycles. The number of anilines is 2. The largest absolute Gasteiger partial charge is 0.352 e. The Morgan fingerprint density at radius 2 is 1.91 bits per heavy atom. The van der Waals surface area contributed by atoms with Gasteiger partial charge in [-0.15, -0.1) is 0 Å². The van der Waals surface area contributed by atoms with Crippen LogP contribution in [0.3, 0.4) is 0 Å². The third-order valence-corrected chi connectivity index (χ3v) is 5.53. The standard InChI is InChI=1S/C25H25F2N3O2/c1-4-14(2)21(31)13-16-8-9-18(26)17(12-16)23(28)22-20(10-11-29-25(22)32)30-24-15(3)6-5-7-19(24)27/h5-12,14,28H,4,13H2,1-3H3,(H2,29,30,32). The van der Waals surface area contributed by atoms with Gasteiger partial charge in [0, 0.05) is 24.1 Å². The van der Waals surface area contributed by atoms with Crippen LogP contribution >= 0.6 is 0 Å². The molecule has 0 bridgehead atoms. The van der Waals surface area contributed by atoms with E-state index in [1.807, 2.05) is 13.8 Å². The molecule has 0 aliphatic rings. The van der Waals surface area contributed by atoms with Crippen LogP contribution in [-0.4, -0.2) is 16.5 Å². The van der Waals surface area contributed by atoms with E-state index in [0.717, 1.165) is 0 Å². The van der Waals surface area contributed by atoms with Gasteiger partial charge in [-0.25, -0.2) is 8.78 Å². The highest BCUT2D eigenvalue weighted by atomic mass is 19.1. The molecule has 0 saturated carbocycles. The monoisotopic (exact) mass is 437 g/mol. The molecule has 0 fully saturated rings. The Hall–Kier alpha value is -3.61. The van der Waals surface area contributed by atoms with Crippen LogP contribution in [0.5, 0.6) is 0 Å². The molecule has 1 aromatic heterocycles. The first kappa shape index (κ1) is 23.1. The van der Waals surface area contributed by atoms with Crippen LogP contribution in [0, 0.1) is 29.9 Å². The number of carbonyl (C=O) groups excluding carboxylic acids is 1. The number of aryl methyl sites for hydroxylation is 1. The summed E-state index contributed by atoms with van der Waals surface area (Å²) in [5, 5.41) is 11.5. The van der Waals surface area contributed by atoms with Crippen LogP contribution in [0.25, 0.3) is 0 Å². The Kier molecular flexibility index (Phi) is 6.98. The maximum Gasteiger partial charge on any atom is 0.259 e. The van der Waals surface area contributed by atoms with E-state index in [1.165, 1.54) is 36.5 Å². The molecular weight excluding hydrogens is 412 g/mol. The van der Waals surface area contributed by atoms with Crippen molar-refractivity contribution in [3.63, 3.8) is 0 Å². The van der Waals surface area contributed by atoms with E-state index in [9.17, 15) is 18.4 Å². The number of Topliss-reactive ketones (excluding diaryl/α,β-unsaturated/α-hetero) is 1. The lowest BCUT2D eigenvalue weighted by molar-refractivity contribution is -0.121. The van der Waals surface area contributed by atoms with E-state index in [2.05, 4.69) is 10.3 Å². The first-order chi connectivity index (χ1) is 15.2. The van der Waals surface area contributed by atoms with Gasteiger partial charge in [0.05, 0.1) is 22.6 Å². The second-order valence-corrected chi connectivity index (χ2v) is 7.79. The number of para-hydroxylation sites is 1. The molecule has 0 amide bonds. The third-order valence-electron chi connectivity index (χ3n) is 5.53. The van der Waals surface area contributed by atoms with Crippen molar-refractivity contribution in [3.05, 3.63) is 92.9 Å². The van der Waals surface area contributed by atoms with Gasteiger partial charge >= 0.3 is 0 Å². The number of ketones is 1. The van der Waals surface area contributed by atoms with E-state index in [1.54, 1.807) is 19.1 Å². The highest BCUT2D eigenvalue weighted by Crippen LogP contribution is 2.26. The summed E-state index contributed by atoms with van der Waals surface area (Å²) in [7, 11) is 0. The van der Waals surface area contributed by atoms with Crippen LogP contribution < -0.4 is 10.9 Å². The number of hydrogen-bond donors (Lipinski definition) is 3. The minimum atomic E-state index is -0.689. The maximum atomic E-state index is 14.7. The van der Waals surface area contributed by atoms with E-state index < -0.39 is 17.2 Å². The second kappa shape index (κ2) is 9.68. The van der Waals surface area contributed by atoms with E-state index in [0.29, 0.717) is 17.5 Å². The van der Waals surface area contributed by atoms with Gasteiger partial charge in [0.2, 0.25) is 0 Å². The molecule has 1 atom stereocenters. The average Bonchev–Trinajstić information content (AvgIpc) is 2.76. The number of aromatic nitrogens is 1. The van der Waals surface area contributed by atoms with Gasteiger partial charge in [-0.05, 0) is 48.7 Å². The zero-order valence-electron chi connectivity index (χ0n) is 18.2. The number of benzene rings is 2. The van der Waals surface area contributed by atoms with Crippen LogP contribution in [0.4, 0.5) is 20.2 Å². The fourth-order valence-electron chi connectivity index (χ4n) is 3.37. The summed E-state index contributed by atoms with van der Waals surface area (Å²) in [4.78, 5) is 27.4. The Morgan fingerprint density at radius 1 is 1.16 bits per heavy atom. The summed E-state index contributed by atoms with van der Waals surface area (Å²) < 4.78 is 29.0. The molecule has 32 heavy (non-hydrogen) atoms. The van der Waals surface area contributed by atoms with Crippen molar-refractivity contribution in [1.29, 1.82) is 5.41 Å². The Labute approximate surface area is 185 Å². The van der Waals surface area contributed by atoms with Crippen molar-refractivity contribution in [3.8, 4) is 0 Å². The Balaban J connectivity index is 2.02. The molecule has 0 spiro atoms. The lowest BCUT2D eigenvalue weighted by atomic mass is 9.94. The van der Waals surface area contributed by atoms with Crippen molar-refractivity contribution >= 4 is 22.9 Å². The zero-order valence-corrected chi connectivity index (χ0v) is 18.2. The van der Waals surface area contributed by atoms with Gasteiger partial charge in [-0.3, -0.25) is 15.0 Å². The van der Waals surface area contributed by atoms with Crippen LogP contribution in [0.1, 0.15) is 42.5 Å². The fraction of sp³-hybridized carbons (Fsp3) is 0.240. The number of nitrogens with one attached hydrogen (secondary N) is 3. The highest BCUT2D eigenvalue weighted by molar-refractivity contribution is 6.14. The number of pyridine rings is 1. The minimum absolute atomic E-state index is 0.0199. The summed E-state index contributed by atoms with van der Waals surface area (Å²) in [6.45, 7) is 5.46. The fourth-order valence-corrected chi connectivity index (χ4v) is 3.37. The summed E-state index contributed by atoms with van der Waals surface area (Å²) in [5.74, 6) is -1.31. The number of aromatic amines is 1. The molecule has 0 radical (unpaired) electrons. The van der Waals surface area contributed by atoms with Crippen molar-refractivity contribution in [1.82, 2.24) is 4.98 Å². The number of carbonyl (C=O) groups is 1. The Morgan fingerprint density at radius 3 is 2.59 bits per heavy atom. The first-order valence-corrected chi connectivity index (χ1v) is 10.4. The molecule has 0 aliphatic carbocycles. The summed E-state index contributed by atoms with van der Waals surface area (Å²) >= 11 is 0. The molecule has 2 aromatic carbocycles. The van der Waals surface area contributed by atoms with Crippen LogP contribution in [0.2, 0.25) is 0 Å². The lowest BCUT2D eigenvalue weighted by Gasteiger charge is -2.15. The van der Waals surface area contributed by atoms with Gasteiger partial charge in [-0.2, -0.15) is 0 Å². The predicted octanol–water partition coefficient (Wildman–Crippen LogP) is 5.28. The number of H-pyrrole nitrogens is 1. The third kappa shape index (κ3) is 4.82. The summed E-state index contributed by atoms with van der Waals surface area (Å²) in [6, 6.07) is 10.2. The summed E-state index contributed by atoms with van der Waals surface area (Å²) in [6.07, 6.45) is 2.18. The van der Waals surface area contributed by atoms with Crippen molar-refractivity contribution in [2.45, 2.75) is 33.6 Å². The molecule has 5 nitrogen and oxygen atoms in total. The molecule has 166 valence electrons. The normalized spacial score (nSPS) is 11.8. The minimum Gasteiger partial charge on any atom is -0.352 e. The maximum absolute atomic E-state index is 14.7. The van der Waals surface area contributed by atoms with E-state index in [-0.39, 0.29) is 46.3 Å². The SMILES string of the molecule is CCC(C)C(=O)Cc1ccc(F)c(C(=N)c2c(Nc3c(C)cccc3F)cc[nH]c2=O)c1. The Bertz CT molecular complexity index is 1210. The predicted molar refractivity (Wildman–Crippen MR) is 122 cm³/mol. The first-order valence-electron chi connectivity index (χ1n) is 10.4. The van der Waals surface area contributed by atoms with Gasteiger partial charge in [-0.1, -0.05) is 32.0 Å². The van der Waals surface area contributed by atoms with Crippen LogP contribution in [-0.2, 0) is 11.2 Å². The quantitative estimate of drug-likeness (QED) is 0.419. The van der Waals surface area contributed by atoms with Gasteiger partial charge in [0.15, 0.2) is 0 Å². The smallest absolute Gasteiger partial charge is 0.259 e. The summed E-state index contributed by atoms with van der Waals surface area (Å²) in [5.41, 5.74) is 0.299. The molecule has 3 N–H and O–H groups in total. The number of rotatable bonds is 8. The van der Waals surface area contributed by atoms with E-state index in [4.69, 9.17) is 5.41 Å². The molecular formula is C25H25F2N3O2. The molecule has 1 unspecified atom stereocenters. The van der Waals surface area contributed by atoms with E-state index >= 15 is 0 Å². The van der Waals surface area contributed by atoms with Crippen molar-refractivity contribution in [2.24, 2.45) is 5.92 Å². The number of hydrogen-bond acceptors (Lipinski definition) is 4. The highest BCUT2D eigenvalue weighted by Gasteiger charge is 2.20. The average molecular weight is 437 g/mol. The van der Waals surface area contributed by atoms with Gasteiger partial charge < -0.3 is 10.3 Å². The molecule has 0 saturated heterocycles. The lowest BCUT2D eigenvalue weighted by Crippen LogP contribution is -2.21. The zero-order chi connectivity index (χ0) is 23.4. The van der Waals surface area contributed by atoms with Crippen LogP contribution in [0.15, 0.2) is 53.5 Å². The van der Waals surface area contributed by atoms with Crippen molar-refractivity contribution < 1.29 is 13.6 Å². The van der Waals surface area contributed by atoms with Gasteiger partial charge in [0.1, 0.15) is 17.4 Å². The second-order valence-electron chi connectivity index (χ2n) is 7.79. The molecule has 7 heteroatoms. The molecule has 3 aromatic rings. The number of halogens is 2. The van der Waals surface area contributed by atoms with Gasteiger partial charge in [0.25, 0.3) is 5.56 Å². The topological polar surface area (TPSA) is 85.8 Å². The molecule has 3 rings (SSSR count). The molecule has 0 aliphatic heterocycles. The van der Waals surface area contributed by atoms with Crippen molar-refractivity contribution in [2.75, 3.05) is 5.32 Å².